The molecule has 1 unspecified atom stereocenters. The number of likely N-dealkylation sites (tertiary alicyclic amines) is 1. The van der Waals surface area contributed by atoms with Gasteiger partial charge in [-0.25, -0.2) is 8.42 Å². The highest BCUT2D eigenvalue weighted by Crippen LogP contribution is 2.34. The van der Waals surface area contributed by atoms with E-state index in [1.807, 2.05) is 0 Å². The van der Waals surface area contributed by atoms with E-state index in [-0.39, 0.29) is 34.9 Å². The largest absolute Gasteiger partial charge is 0.360 e. The van der Waals surface area contributed by atoms with E-state index in [4.69, 9.17) is 4.52 Å². The fraction of sp³-hybridized carbons (Fsp3) is 0.737. The van der Waals surface area contributed by atoms with Crippen LogP contribution in [0.15, 0.2) is 9.42 Å². The molecular formula is C19H28N4O5S. The molecule has 1 saturated carbocycles. The number of carbonyl (C=O) groups is 2. The Labute approximate surface area is 171 Å². The zero-order chi connectivity index (χ0) is 20.8. The predicted molar refractivity (Wildman–Crippen MR) is 103 cm³/mol. The van der Waals surface area contributed by atoms with Gasteiger partial charge in [0.1, 0.15) is 16.6 Å². The quantitative estimate of drug-likeness (QED) is 0.712. The van der Waals surface area contributed by atoms with Gasteiger partial charge in [-0.3, -0.25) is 9.59 Å². The van der Waals surface area contributed by atoms with Gasteiger partial charge in [0.25, 0.3) is 0 Å². The molecule has 3 aliphatic rings. The van der Waals surface area contributed by atoms with Crippen LogP contribution in [0.4, 0.5) is 0 Å². The maximum Gasteiger partial charge on any atom is 0.248 e. The van der Waals surface area contributed by atoms with E-state index in [2.05, 4.69) is 5.16 Å². The molecule has 9 nitrogen and oxygen atoms in total. The number of nitrogens with zero attached hydrogens (tertiary/aromatic N) is 4. The second-order valence-corrected chi connectivity index (χ2v) is 10.1. The Kier molecular flexibility index (Phi) is 5.41. The molecule has 160 valence electrons. The molecule has 0 radical (unpaired) electrons. The normalized spacial score (nSPS) is 24.0. The van der Waals surface area contributed by atoms with Gasteiger partial charge in [0.15, 0.2) is 5.76 Å². The zero-order valence-electron chi connectivity index (χ0n) is 17.0. The average Bonchev–Trinajstić information content (AvgIpc) is 3.38. The van der Waals surface area contributed by atoms with Crippen molar-refractivity contribution in [2.45, 2.75) is 56.9 Å². The van der Waals surface area contributed by atoms with Gasteiger partial charge >= 0.3 is 0 Å². The minimum Gasteiger partial charge on any atom is -0.360 e. The van der Waals surface area contributed by atoms with Crippen molar-refractivity contribution in [2.24, 2.45) is 5.92 Å². The summed E-state index contributed by atoms with van der Waals surface area (Å²) in [5.74, 6) is 0.439. The number of hydrogen-bond donors (Lipinski definition) is 0. The molecular weight excluding hydrogens is 396 g/mol. The lowest BCUT2D eigenvalue weighted by Gasteiger charge is -2.29. The lowest BCUT2D eigenvalue weighted by Crippen LogP contribution is -2.49. The molecule has 0 aromatic carbocycles. The van der Waals surface area contributed by atoms with Crippen LogP contribution in [0.2, 0.25) is 0 Å². The topological polar surface area (TPSA) is 104 Å². The molecule has 2 saturated heterocycles. The number of hydrogen-bond acceptors (Lipinski definition) is 6. The maximum atomic E-state index is 13.1. The summed E-state index contributed by atoms with van der Waals surface area (Å²) in [5.41, 5.74) is 0.347. The van der Waals surface area contributed by atoms with Crippen LogP contribution in [0.25, 0.3) is 0 Å². The van der Waals surface area contributed by atoms with Crippen molar-refractivity contribution in [3.05, 3.63) is 11.5 Å². The van der Waals surface area contributed by atoms with Gasteiger partial charge < -0.3 is 14.3 Å². The van der Waals surface area contributed by atoms with Crippen LogP contribution in [-0.2, 0) is 19.6 Å². The first-order valence-corrected chi connectivity index (χ1v) is 11.8. The molecule has 0 spiro atoms. The van der Waals surface area contributed by atoms with E-state index < -0.39 is 16.1 Å². The Hall–Kier alpha value is -1.94. The number of aromatic nitrogens is 1. The van der Waals surface area contributed by atoms with Crippen molar-refractivity contribution in [3.8, 4) is 0 Å². The Balaban J connectivity index is 1.45. The Morgan fingerprint density at radius 3 is 2.38 bits per heavy atom. The monoisotopic (exact) mass is 424 g/mol. The van der Waals surface area contributed by atoms with E-state index >= 15 is 0 Å². The lowest BCUT2D eigenvalue weighted by molar-refractivity contribution is -0.144. The van der Waals surface area contributed by atoms with Crippen molar-refractivity contribution in [3.63, 3.8) is 0 Å². The standard InChI is InChI=1S/C19H28N4O5S/c1-13-17(14(2)28-20-13)29(26,27)22-9-4-8-21(11-12-22)19(25)16-5-3-10-23(16)18(24)15-6-7-15/h15-16H,3-12H2,1-2H3. The second kappa shape index (κ2) is 7.71. The molecule has 1 atom stereocenters. The summed E-state index contributed by atoms with van der Waals surface area (Å²) in [6.07, 6.45) is 3.94. The number of rotatable bonds is 4. The van der Waals surface area contributed by atoms with Crippen LogP contribution < -0.4 is 0 Å². The van der Waals surface area contributed by atoms with Crippen molar-refractivity contribution < 1.29 is 22.5 Å². The van der Waals surface area contributed by atoms with Gasteiger partial charge in [-0.2, -0.15) is 4.31 Å². The van der Waals surface area contributed by atoms with E-state index in [1.165, 1.54) is 4.31 Å². The molecule has 1 aromatic rings. The molecule has 0 N–H and O–H groups in total. The molecule has 3 fully saturated rings. The van der Waals surface area contributed by atoms with Crippen LogP contribution >= 0.6 is 0 Å². The third-order valence-corrected chi connectivity index (χ3v) is 8.22. The SMILES string of the molecule is Cc1noc(C)c1S(=O)(=O)N1CCCN(C(=O)C2CCCN2C(=O)C2CC2)CC1. The summed E-state index contributed by atoms with van der Waals surface area (Å²) in [7, 11) is -3.72. The van der Waals surface area contributed by atoms with Crippen molar-refractivity contribution in [1.82, 2.24) is 19.3 Å². The van der Waals surface area contributed by atoms with Crippen LogP contribution in [0.1, 0.15) is 43.6 Å². The smallest absolute Gasteiger partial charge is 0.248 e. The third kappa shape index (κ3) is 3.79. The first-order chi connectivity index (χ1) is 13.8. The van der Waals surface area contributed by atoms with Gasteiger partial charge in [-0.05, 0) is 46.0 Å². The highest BCUT2D eigenvalue weighted by Gasteiger charge is 2.42. The summed E-state index contributed by atoms with van der Waals surface area (Å²) < 4.78 is 32.6. The van der Waals surface area contributed by atoms with Crippen molar-refractivity contribution in [2.75, 3.05) is 32.7 Å². The predicted octanol–water partition coefficient (Wildman–Crippen LogP) is 0.915. The Bertz CT molecular complexity index is 888. The lowest BCUT2D eigenvalue weighted by atomic mass is 10.1. The average molecular weight is 425 g/mol. The molecule has 10 heteroatoms. The van der Waals surface area contributed by atoms with Gasteiger partial charge in [-0.15, -0.1) is 0 Å². The summed E-state index contributed by atoms with van der Waals surface area (Å²) in [5, 5.41) is 3.76. The van der Waals surface area contributed by atoms with E-state index in [0.717, 1.165) is 19.3 Å². The highest BCUT2D eigenvalue weighted by molar-refractivity contribution is 7.89. The molecule has 1 aromatic heterocycles. The Morgan fingerprint density at radius 2 is 1.72 bits per heavy atom. The second-order valence-electron chi connectivity index (χ2n) is 8.20. The highest BCUT2D eigenvalue weighted by atomic mass is 32.2. The fourth-order valence-corrected chi connectivity index (χ4v) is 6.15. The molecule has 4 rings (SSSR count). The molecule has 3 heterocycles. The number of amides is 2. The summed E-state index contributed by atoms with van der Waals surface area (Å²) in [6, 6.07) is -0.395. The fourth-order valence-electron chi connectivity index (χ4n) is 4.39. The summed E-state index contributed by atoms with van der Waals surface area (Å²) >= 11 is 0. The van der Waals surface area contributed by atoms with E-state index in [0.29, 0.717) is 44.7 Å². The zero-order valence-corrected chi connectivity index (χ0v) is 17.8. The van der Waals surface area contributed by atoms with Gasteiger partial charge in [0.05, 0.1) is 0 Å². The molecule has 2 amide bonds. The van der Waals surface area contributed by atoms with Crippen molar-refractivity contribution >= 4 is 21.8 Å². The molecule has 0 bridgehead atoms. The van der Waals surface area contributed by atoms with Crippen LogP contribution in [0.3, 0.4) is 0 Å². The van der Waals surface area contributed by atoms with Crippen molar-refractivity contribution in [1.29, 1.82) is 0 Å². The summed E-state index contributed by atoms with van der Waals surface area (Å²) in [4.78, 5) is 29.2. The van der Waals surface area contributed by atoms with Crippen LogP contribution in [-0.4, -0.2) is 78.3 Å². The number of aryl methyl sites for hydroxylation is 2. The maximum absolute atomic E-state index is 13.1. The van der Waals surface area contributed by atoms with Crippen LogP contribution in [0.5, 0.6) is 0 Å². The first kappa shape index (κ1) is 20.3. The van der Waals surface area contributed by atoms with Gasteiger partial charge in [0.2, 0.25) is 21.8 Å². The minimum absolute atomic E-state index is 0.0481. The first-order valence-electron chi connectivity index (χ1n) is 10.3. The molecule has 29 heavy (non-hydrogen) atoms. The van der Waals surface area contributed by atoms with Crippen LogP contribution in [0, 0.1) is 19.8 Å². The molecule has 1 aliphatic carbocycles. The van der Waals surface area contributed by atoms with E-state index in [9.17, 15) is 18.0 Å². The third-order valence-electron chi connectivity index (χ3n) is 6.08. The minimum atomic E-state index is -3.72. The van der Waals surface area contributed by atoms with E-state index in [1.54, 1.807) is 23.6 Å². The number of sulfonamides is 1. The summed E-state index contributed by atoms with van der Waals surface area (Å²) in [6.45, 7) is 5.23. The van der Waals surface area contributed by atoms with Gasteiger partial charge in [0, 0.05) is 38.6 Å². The Morgan fingerprint density at radius 1 is 0.966 bits per heavy atom. The number of carbonyl (C=O) groups excluding carboxylic acids is 2. The van der Waals surface area contributed by atoms with Gasteiger partial charge in [-0.1, -0.05) is 5.16 Å². The molecule has 2 aliphatic heterocycles.